The molecule has 1 aromatic heterocycles. The van der Waals surface area contributed by atoms with Crippen LogP contribution in [0.1, 0.15) is 40.8 Å². The summed E-state index contributed by atoms with van der Waals surface area (Å²) < 4.78 is 4.98. The van der Waals surface area contributed by atoms with E-state index in [1.807, 2.05) is 37.3 Å². The monoisotopic (exact) mass is 332 g/mol. The minimum absolute atomic E-state index is 0.131. The Labute approximate surface area is 139 Å². The van der Waals surface area contributed by atoms with Crippen LogP contribution in [0, 0.1) is 0 Å². The van der Waals surface area contributed by atoms with Crippen LogP contribution in [0.2, 0.25) is 0 Å². The van der Waals surface area contributed by atoms with Crippen LogP contribution in [0.3, 0.4) is 0 Å². The Hall–Kier alpha value is -2.21. The Balaban J connectivity index is 1.80. The van der Waals surface area contributed by atoms with Gasteiger partial charge < -0.3 is 10.1 Å². The first-order valence-electron chi connectivity index (χ1n) is 7.61. The zero-order chi connectivity index (χ0) is 16.5. The van der Waals surface area contributed by atoms with Gasteiger partial charge in [0.25, 0.3) is 5.91 Å². The van der Waals surface area contributed by atoms with Crippen LogP contribution in [-0.4, -0.2) is 30.0 Å². The lowest BCUT2D eigenvalue weighted by atomic mass is 10.2. The van der Waals surface area contributed by atoms with Crippen molar-refractivity contribution in [1.82, 2.24) is 10.3 Å². The summed E-state index contributed by atoms with van der Waals surface area (Å²) in [7, 11) is 0. The number of ether oxygens (including phenoxy) is 1. The third kappa shape index (κ3) is 5.83. The fourth-order valence-electron chi connectivity index (χ4n) is 1.89. The molecule has 6 heteroatoms. The number of nitrogens with one attached hydrogen (secondary N) is 1. The van der Waals surface area contributed by atoms with Gasteiger partial charge in [-0.2, -0.15) is 0 Å². The molecule has 0 bridgehead atoms. The third-order valence-corrected chi connectivity index (χ3v) is 3.99. The molecule has 0 aliphatic carbocycles. The first kappa shape index (κ1) is 17.1. The molecule has 0 spiro atoms. The van der Waals surface area contributed by atoms with Gasteiger partial charge in [0.1, 0.15) is 12.2 Å². The molecule has 23 heavy (non-hydrogen) atoms. The van der Waals surface area contributed by atoms with Gasteiger partial charge in [0.05, 0.1) is 11.6 Å². The molecule has 1 N–H and O–H groups in total. The summed E-state index contributed by atoms with van der Waals surface area (Å²) in [6.07, 6.45) is 2.48. The van der Waals surface area contributed by atoms with Crippen LogP contribution < -0.4 is 5.32 Å². The molecule has 0 radical (unpaired) electrons. The maximum Gasteiger partial charge on any atom is 0.325 e. The van der Waals surface area contributed by atoms with Gasteiger partial charge in [-0.25, -0.2) is 4.98 Å². The Kier molecular flexibility index (Phi) is 6.75. The summed E-state index contributed by atoms with van der Waals surface area (Å²) in [5.74, 6) is -0.778. The van der Waals surface area contributed by atoms with Crippen LogP contribution in [0.5, 0.6) is 0 Å². The van der Waals surface area contributed by atoms with Gasteiger partial charge in [-0.1, -0.05) is 43.7 Å². The van der Waals surface area contributed by atoms with E-state index in [1.165, 1.54) is 11.3 Å². The van der Waals surface area contributed by atoms with Crippen molar-refractivity contribution < 1.29 is 14.3 Å². The van der Waals surface area contributed by atoms with Crippen LogP contribution in [0.4, 0.5) is 0 Å². The van der Waals surface area contributed by atoms with Crippen molar-refractivity contribution in [2.45, 2.75) is 26.2 Å². The number of hydrogen-bond donors (Lipinski definition) is 1. The molecule has 1 aromatic carbocycles. The van der Waals surface area contributed by atoms with Crippen molar-refractivity contribution in [3.05, 3.63) is 52.0 Å². The predicted molar refractivity (Wildman–Crippen MR) is 89.6 cm³/mol. The van der Waals surface area contributed by atoms with Crippen molar-refractivity contribution in [2.75, 3.05) is 13.2 Å². The molecular weight excluding hydrogens is 312 g/mol. The van der Waals surface area contributed by atoms with E-state index in [0.29, 0.717) is 18.7 Å². The number of nitrogens with zero attached hydrogens (tertiary/aromatic N) is 1. The van der Waals surface area contributed by atoms with Crippen molar-refractivity contribution in [2.24, 2.45) is 0 Å². The second-order valence-corrected chi connectivity index (χ2v) is 5.99. The number of hydrogen-bond acceptors (Lipinski definition) is 5. The molecule has 2 aromatic rings. The second-order valence-electron chi connectivity index (χ2n) is 5.05. The van der Waals surface area contributed by atoms with E-state index in [0.717, 1.165) is 23.4 Å². The molecule has 1 amide bonds. The highest BCUT2D eigenvalue weighted by Crippen LogP contribution is 2.14. The third-order valence-electron chi connectivity index (χ3n) is 3.14. The number of carbonyl (C=O) groups excluding carboxylic acids is 2. The molecule has 1 heterocycles. The lowest BCUT2D eigenvalue weighted by Gasteiger charge is -2.04. The van der Waals surface area contributed by atoms with E-state index < -0.39 is 5.97 Å². The van der Waals surface area contributed by atoms with Gasteiger partial charge in [0.2, 0.25) is 0 Å². The molecule has 0 unspecified atom stereocenters. The zero-order valence-electron chi connectivity index (χ0n) is 13.1. The highest BCUT2D eigenvalue weighted by molar-refractivity contribution is 7.09. The smallest absolute Gasteiger partial charge is 0.325 e. The average Bonchev–Trinajstić information content (AvgIpc) is 3.02. The number of benzene rings is 1. The molecule has 2 rings (SSSR count). The quantitative estimate of drug-likeness (QED) is 0.596. The van der Waals surface area contributed by atoms with Crippen LogP contribution in [-0.2, 0) is 16.0 Å². The standard InChI is InChI=1S/C17H20N2O3S/c1-2-3-9-22-16(20)11-18-17(21)14-12-23-15(19-14)10-13-7-5-4-6-8-13/h4-8,12H,2-3,9-11H2,1H3,(H,18,21). The molecule has 0 fully saturated rings. The lowest BCUT2D eigenvalue weighted by molar-refractivity contribution is -0.142. The molecule has 0 aliphatic heterocycles. The number of thiazole rings is 1. The van der Waals surface area contributed by atoms with E-state index in [4.69, 9.17) is 4.74 Å². The molecular formula is C17H20N2O3S. The Morgan fingerprint density at radius 1 is 1.26 bits per heavy atom. The van der Waals surface area contributed by atoms with Crippen LogP contribution in [0.25, 0.3) is 0 Å². The van der Waals surface area contributed by atoms with Gasteiger partial charge in [0.15, 0.2) is 0 Å². The lowest BCUT2D eigenvalue weighted by Crippen LogP contribution is -2.31. The van der Waals surface area contributed by atoms with Crippen LogP contribution >= 0.6 is 11.3 Å². The Morgan fingerprint density at radius 2 is 2.04 bits per heavy atom. The van der Waals surface area contributed by atoms with Crippen molar-refractivity contribution in [1.29, 1.82) is 0 Å². The predicted octanol–water partition coefficient (Wildman–Crippen LogP) is 2.81. The Morgan fingerprint density at radius 3 is 2.78 bits per heavy atom. The van der Waals surface area contributed by atoms with E-state index in [1.54, 1.807) is 5.38 Å². The van der Waals surface area contributed by atoms with E-state index in [9.17, 15) is 9.59 Å². The maximum absolute atomic E-state index is 12.0. The molecule has 0 aliphatic rings. The molecule has 5 nitrogen and oxygen atoms in total. The molecule has 0 atom stereocenters. The van der Waals surface area contributed by atoms with Crippen molar-refractivity contribution in [3.63, 3.8) is 0 Å². The van der Waals surface area contributed by atoms with E-state index >= 15 is 0 Å². The first-order chi connectivity index (χ1) is 11.2. The van der Waals surface area contributed by atoms with Gasteiger partial charge in [-0.05, 0) is 12.0 Å². The minimum atomic E-state index is -0.425. The Bertz CT molecular complexity index is 640. The molecule has 122 valence electrons. The summed E-state index contributed by atoms with van der Waals surface area (Å²) in [4.78, 5) is 27.7. The van der Waals surface area contributed by atoms with Crippen molar-refractivity contribution >= 4 is 23.2 Å². The highest BCUT2D eigenvalue weighted by Gasteiger charge is 2.12. The fraction of sp³-hybridized carbons (Fsp3) is 0.353. The van der Waals surface area contributed by atoms with Gasteiger partial charge in [0, 0.05) is 11.8 Å². The van der Waals surface area contributed by atoms with Gasteiger partial charge in [-0.15, -0.1) is 11.3 Å². The summed E-state index contributed by atoms with van der Waals surface area (Å²) >= 11 is 1.44. The first-order valence-corrected chi connectivity index (χ1v) is 8.49. The summed E-state index contributed by atoms with van der Waals surface area (Å²) in [5.41, 5.74) is 1.48. The number of unbranched alkanes of at least 4 members (excludes halogenated alkanes) is 1. The fourth-order valence-corrected chi connectivity index (χ4v) is 2.70. The summed E-state index contributed by atoms with van der Waals surface area (Å²) in [6.45, 7) is 2.28. The van der Waals surface area contributed by atoms with Crippen LogP contribution in [0.15, 0.2) is 35.7 Å². The number of rotatable bonds is 8. The summed E-state index contributed by atoms with van der Waals surface area (Å²) in [5, 5.41) is 5.11. The zero-order valence-corrected chi connectivity index (χ0v) is 13.9. The van der Waals surface area contributed by atoms with Gasteiger partial charge in [-0.3, -0.25) is 9.59 Å². The average molecular weight is 332 g/mol. The highest BCUT2D eigenvalue weighted by atomic mass is 32.1. The normalized spacial score (nSPS) is 10.3. The van der Waals surface area contributed by atoms with E-state index in [-0.39, 0.29) is 12.5 Å². The SMILES string of the molecule is CCCCOC(=O)CNC(=O)c1csc(Cc2ccccc2)n1. The topological polar surface area (TPSA) is 68.3 Å². The number of esters is 1. The van der Waals surface area contributed by atoms with Gasteiger partial charge >= 0.3 is 5.97 Å². The number of amides is 1. The largest absolute Gasteiger partial charge is 0.464 e. The van der Waals surface area contributed by atoms with E-state index in [2.05, 4.69) is 10.3 Å². The number of aromatic nitrogens is 1. The summed E-state index contributed by atoms with van der Waals surface area (Å²) in [6, 6.07) is 9.95. The maximum atomic E-state index is 12.0. The minimum Gasteiger partial charge on any atom is -0.464 e. The van der Waals surface area contributed by atoms with Crippen molar-refractivity contribution in [3.8, 4) is 0 Å². The second kappa shape index (κ2) is 9.05. The molecule has 0 saturated carbocycles. The number of carbonyl (C=O) groups is 2. The molecule has 0 saturated heterocycles.